The molecule has 0 bridgehead atoms. The lowest BCUT2D eigenvalue weighted by atomic mass is 9.86. The number of benzene rings is 10. The Bertz CT molecular complexity index is 3260. The van der Waals surface area contributed by atoms with E-state index in [1.54, 1.807) is 0 Å². The smallest absolute Gasteiger partial charge is 0.0541 e. The van der Waals surface area contributed by atoms with Crippen LogP contribution in [0.2, 0.25) is 0 Å². The Morgan fingerprint density at radius 2 is 0.677 bits per heavy atom. The van der Waals surface area contributed by atoms with Crippen molar-refractivity contribution in [2.75, 3.05) is 4.90 Å². The van der Waals surface area contributed by atoms with Crippen molar-refractivity contribution in [1.29, 1.82) is 0 Å². The first-order chi connectivity index (χ1) is 30.8. The first kappa shape index (κ1) is 36.8. The van der Waals surface area contributed by atoms with E-state index in [1.807, 2.05) is 0 Å². The third-order valence-corrected chi connectivity index (χ3v) is 12.0. The lowest BCUT2D eigenvalue weighted by Gasteiger charge is -2.29. The van der Waals surface area contributed by atoms with E-state index < -0.39 is 0 Å². The lowest BCUT2D eigenvalue weighted by Crippen LogP contribution is -2.11. The molecule has 0 spiro atoms. The summed E-state index contributed by atoms with van der Waals surface area (Å²) in [5, 5.41) is 2.51. The highest BCUT2D eigenvalue weighted by atomic mass is 15.1. The molecule has 62 heavy (non-hydrogen) atoms. The van der Waals surface area contributed by atoms with Gasteiger partial charge in [0.25, 0.3) is 0 Å². The summed E-state index contributed by atoms with van der Waals surface area (Å²) in [5.41, 5.74) is 18.5. The summed E-state index contributed by atoms with van der Waals surface area (Å²) in [6.45, 7) is 0. The summed E-state index contributed by atoms with van der Waals surface area (Å²) < 4.78 is 2.38. The van der Waals surface area contributed by atoms with Crippen molar-refractivity contribution in [3.63, 3.8) is 0 Å². The molecule has 0 amide bonds. The Morgan fingerprint density at radius 3 is 1.29 bits per heavy atom. The number of anilines is 3. The zero-order valence-electron chi connectivity index (χ0n) is 34.1. The minimum atomic E-state index is 1.07. The van der Waals surface area contributed by atoms with E-state index >= 15 is 0 Å². The molecule has 1 aromatic heterocycles. The highest BCUT2D eigenvalue weighted by Gasteiger charge is 2.22. The predicted octanol–water partition coefficient (Wildman–Crippen LogP) is 16.6. The summed E-state index contributed by atoms with van der Waals surface area (Å²) in [6, 6.07) is 92.1. The Balaban J connectivity index is 1.12. The highest BCUT2D eigenvalue weighted by molar-refractivity contribution is 6.09. The SMILES string of the molecule is c1ccc(-c2ccc(N(c3ccc(-n4c5ccccc5c5ccccc54)cc3)c3ccccc3-c3cc(-c4ccccc4)ccc3-c3ccccc3-c3ccccc3)cc2)cc1. The number of aromatic nitrogens is 1. The summed E-state index contributed by atoms with van der Waals surface area (Å²) in [6.07, 6.45) is 0. The first-order valence-corrected chi connectivity index (χ1v) is 21.3. The van der Waals surface area contributed by atoms with Crippen molar-refractivity contribution >= 4 is 38.9 Å². The van der Waals surface area contributed by atoms with Crippen LogP contribution in [0.25, 0.3) is 83.1 Å². The van der Waals surface area contributed by atoms with E-state index in [9.17, 15) is 0 Å². The fraction of sp³-hybridized carbons (Fsp3) is 0. The average molecular weight is 791 g/mol. The predicted molar refractivity (Wildman–Crippen MR) is 263 cm³/mol. The van der Waals surface area contributed by atoms with E-state index in [-0.39, 0.29) is 0 Å². The zero-order valence-corrected chi connectivity index (χ0v) is 34.1. The molecule has 0 unspecified atom stereocenters. The van der Waals surface area contributed by atoms with Crippen LogP contribution in [0.15, 0.2) is 255 Å². The minimum Gasteiger partial charge on any atom is -0.310 e. The van der Waals surface area contributed by atoms with Gasteiger partial charge in [0, 0.05) is 33.4 Å². The summed E-state index contributed by atoms with van der Waals surface area (Å²) in [7, 11) is 0. The summed E-state index contributed by atoms with van der Waals surface area (Å²) in [4.78, 5) is 2.42. The molecular formula is C60H42N2. The monoisotopic (exact) mass is 790 g/mol. The van der Waals surface area contributed by atoms with Gasteiger partial charge in [-0.1, -0.05) is 194 Å². The van der Waals surface area contributed by atoms with Crippen molar-refractivity contribution in [1.82, 2.24) is 4.57 Å². The van der Waals surface area contributed by atoms with Gasteiger partial charge >= 0.3 is 0 Å². The van der Waals surface area contributed by atoms with Gasteiger partial charge < -0.3 is 9.47 Å². The molecule has 11 aromatic rings. The third-order valence-electron chi connectivity index (χ3n) is 12.0. The molecule has 1 heterocycles. The van der Waals surface area contributed by atoms with E-state index in [0.717, 1.165) is 33.9 Å². The molecule has 0 radical (unpaired) electrons. The Hall–Kier alpha value is -8.20. The number of para-hydroxylation sites is 3. The molecule has 0 saturated heterocycles. The maximum absolute atomic E-state index is 2.42. The van der Waals surface area contributed by atoms with Crippen LogP contribution >= 0.6 is 0 Å². The summed E-state index contributed by atoms with van der Waals surface area (Å²) >= 11 is 0. The molecule has 11 rings (SSSR count). The standard InChI is InChI=1S/C60H42N2/c1-4-18-43(19-5-1)45-32-35-48(36-33-45)61(49-37-39-50(40-38-49)62-59-30-16-12-26-54(59)55-27-13-17-31-60(55)62)58-29-15-14-28-56(58)57-42-47(44-20-6-2-7-21-44)34-41-53(57)52-25-11-10-24-51(52)46-22-8-3-9-23-46/h1-42H. The average Bonchev–Trinajstić information content (AvgIpc) is 3.70. The molecular weight excluding hydrogens is 749 g/mol. The van der Waals surface area contributed by atoms with Crippen molar-refractivity contribution in [2.45, 2.75) is 0 Å². The molecule has 10 aromatic carbocycles. The fourth-order valence-electron chi connectivity index (χ4n) is 9.11. The Kier molecular flexibility index (Phi) is 9.57. The highest BCUT2D eigenvalue weighted by Crippen LogP contribution is 2.47. The summed E-state index contributed by atoms with van der Waals surface area (Å²) in [5.74, 6) is 0. The molecule has 292 valence electrons. The molecule has 0 saturated carbocycles. The van der Waals surface area contributed by atoms with Crippen LogP contribution in [0.5, 0.6) is 0 Å². The van der Waals surface area contributed by atoms with E-state index in [4.69, 9.17) is 0 Å². The second-order valence-corrected chi connectivity index (χ2v) is 15.7. The zero-order chi connectivity index (χ0) is 41.2. The van der Waals surface area contributed by atoms with Crippen LogP contribution in [-0.4, -0.2) is 4.57 Å². The third kappa shape index (κ3) is 6.74. The van der Waals surface area contributed by atoms with Gasteiger partial charge in [0.2, 0.25) is 0 Å². The number of fused-ring (bicyclic) bond motifs is 3. The second-order valence-electron chi connectivity index (χ2n) is 15.7. The van der Waals surface area contributed by atoms with Crippen molar-refractivity contribution in [2.24, 2.45) is 0 Å². The molecule has 0 aliphatic carbocycles. The largest absolute Gasteiger partial charge is 0.310 e. The Morgan fingerprint density at radius 1 is 0.258 bits per heavy atom. The molecule has 0 aliphatic heterocycles. The lowest BCUT2D eigenvalue weighted by molar-refractivity contribution is 1.17. The molecule has 2 heteroatoms. The van der Waals surface area contributed by atoms with Gasteiger partial charge in [0.1, 0.15) is 0 Å². The van der Waals surface area contributed by atoms with Gasteiger partial charge in [-0.3, -0.25) is 0 Å². The van der Waals surface area contributed by atoms with Crippen molar-refractivity contribution < 1.29 is 0 Å². The topological polar surface area (TPSA) is 8.17 Å². The van der Waals surface area contributed by atoms with Gasteiger partial charge in [-0.05, 0) is 111 Å². The minimum absolute atomic E-state index is 1.07. The van der Waals surface area contributed by atoms with Gasteiger partial charge in [-0.15, -0.1) is 0 Å². The van der Waals surface area contributed by atoms with Crippen LogP contribution in [0.3, 0.4) is 0 Å². The maximum atomic E-state index is 2.42. The van der Waals surface area contributed by atoms with E-state index in [2.05, 4.69) is 264 Å². The van der Waals surface area contributed by atoms with Crippen LogP contribution in [0, 0.1) is 0 Å². The number of hydrogen-bond donors (Lipinski definition) is 0. The molecule has 2 nitrogen and oxygen atoms in total. The van der Waals surface area contributed by atoms with E-state index in [1.165, 1.54) is 66.3 Å². The Labute approximate surface area is 362 Å². The number of hydrogen-bond acceptors (Lipinski definition) is 1. The van der Waals surface area contributed by atoms with Gasteiger partial charge in [-0.25, -0.2) is 0 Å². The molecule has 0 N–H and O–H groups in total. The molecule has 0 aliphatic rings. The number of rotatable bonds is 9. The van der Waals surface area contributed by atoms with Crippen LogP contribution < -0.4 is 4.90 Å². The van der Waals surface area contributed by atoms with Gasteiger partial charge in [0.05, 0.1) is 16.7 Å². The van der Waals surface area contributed by atoms with Crippen molar-refractivity contribution in [3.8, 4) is 61.3 Å². The van der Waals surface area contributed by atoms with Crippen LogP contribution in [0.4, 0.5) is 17.1 Å². The van der Waals surface area contributed by atoms with Gasteiger partial charge in [-0.2, -0.15) is 0 Å². The van der Waals surface area contributed by atoms with Crippen LogP contribution in [0.1, 0.15) is 0 Å². The second kappa shape index (κ2) is 16.1. The quantitative estimate of drug-likeness (QED) is 0.141. The van der Waals surface area contributed by atoms with Crippen molar-refractivity contribution in [3.05, 3.63) is 255 Å². The first-order valence-electron chi connectivity index (χ1n) is 21.3. The fourth-order valence-corrected chi connectivity index (χ4v) is 9.11. The van der Waals surface area contributed by atoms with E-state index in [0.29, 0.717) is 0 Å². The normalized spacial score (nSPS) is 11.2. The number of nitrogens with zero attached hydrogens (tertiary/aromatic N) is 2. The maximum Gasteiger partial charge on any atom is 0.0541 e. The molecule has 0 atom stereocenters. The molecule has 0 fully saturated rings. The van der Waals surface area contributed by atoms with Crippen LogP contribution in [-0.2, 0) is 0 Å². The van der Waals surface area contributed by atoms with Gasteiger partial charge in [0.15, 0.2) is 0 Å².